The van der Waals surface area contributed by atoms with Gasteiger partial charge in [0.1, 0.15) is 12.4 Å². The normalized spacial score (nSPS) is 16.3. The van der Waals surface area contributed by atoms with Gasteiger partial charge in [0.2, 0.25) is 0 Å². The van der Waals surface area contributed by atoms with E-state index in [-0.39, 0.29) is 23.3 Å². The quantitative estimate of drug-likeness (QED) is 0.385. The number of aryl methyl sites for hydroxylation is 1. The van der Waals surface area contributed by atoms with E-state index >= 15 is 0 Å². The van der Waals surface area contributed by atoms with Gasteiger partial charge in [0.05, 0.1) is 5.56 Å². The molecule has 1 heterocycles. The first-order chi connectivity index (χ1) is 9.33. The molecule has 0 aromatic carbocycles. The molecule has 0 spiro atoms. The van der Waals surface area contributed by atoms with E-state index in [0.29, 0.717) is 18.4 Å². The molecule has 1 aromatic heterocycles. The number of halogens is 3. The molecule has 3 N–H and O–H groups in total. The Hall–Kier alpha value is -1.99. The molecular formula is C12H15F3N4O. The summed E-state index contributed by atoms with van der Waals surface area (Å²) in [6.07, 6.45) is -1.55. The van der Waals surface area contributed by atoms with Crippen molar-refractivity contribution in [2.45, 2.75) is 32.0 Å². The van der Waals surface area contributed by atoms with Crippen molar-refractivity contribution in [3.8, 4) is 0 Å². The summed E-state index contributed by atoms with van der Waals surface area (Å²) >= 11 is 0. The fourth-order valence-corrected chi connectivity index (χ4v) is 2.08. The van der Waals surface area contributed by atoms with Gasteiger partial charge in [-0.2, -0.15) is 13.2 Å². The average molecular weight is 288 g/mol. The third kappa shape index (κ3) is 3.12. The van der Waals surface area contributed by atoms with E-state index in [9.17, 15) is 13.2 Å². The van der Waals surface area contributed by atoms with E-state index in [0.717, 1.165) is 0 Å². The molecule has 0 unspecified atom stereocenters. The van der Waals surface area contributed by atoms with Crippen LogP contribution in [0.3, 0.4) is 0 Å². The van der Waals surface area contributed by atoms with Gasteiger partial charge in [0.25, 0.3) is 0 Å². The lowest BCUT2D eigenvalue weighted by Gasteiger charge is -2.27. The lowest BCUT2D eigenvalue weighted by atomic mass is 10.1. The third-order valence-electron chi connectivity index (χ3n) is 3.11. The second kappa shape index (κ2) is 5.18. The Labute approximate surface area is 113 Å². The van der Waals surface area contributed by atoms with Crippen LogP contribution >= 0.6 is 0 Å². The van der Waals surface area contributed by atoms with E-state index in [1.54, 1.807) is 13.0 Å². The number of hydrogen-bond acceptors (Lipinski definition) is 4. The minimum Gasteiger partial charge on any atom is -0.409 e. The van der Waals surface area contributed by atoms with Crippen molar-refractivity contribution >= 4 is 11.7 Å². The fraction of sp³-hybridized carbons (Fsp3) is 0.500. The predicted molar refractivity (Wildman–Crippen MR) is 67.9 cm³/mol. The number of oxime groups is 1. The standard InChI is InChI=1S/C12H15F3N4O/c1-7-4-5-17-11(9(7)10(16)18-20)19(8-2-3-8)6-12(13,14)15/h4-5,8,20H,2-3,6H2,1H3,(H2,16,18). The summed E-state index contributed by atoms with van der Waals surface area (Å²) in [6.45, 7) is 0.580. The number of amidine groups is 1. The van der Waals surface area contributed by atoms with Gasteiger partial charge in [-0.1, -0.05) is 5.16 Å². The highest BCUT2D eigenvalue weighted by molar-refractivity contribution is 6.02. The van der Waals surface area contributed by atoms with Crippen LogP contribution in [0.5, 0.6) is 0 Å². The van der Waals surface area contributed by atoms with Crippen molar-refractivity contribution in [1.29, 1.82) is 0 Å². The number of rotatable bonds is 4. The first-order valence-electron chi connectivity index (χ1n) is 6.10. The van der Waals surface area contributed by atoms with Crippen LogP contribution in [0.4, 0.5) is 19.0 Å². The molecular weight excluding hydrogens is 273 g/mol. The van der Waals surface area contributed by atoms with Crippen LogP contribution < -0.4 is 10.6 Å². The molecule has 5 nitrogen and oxygen atoms in total. The molecule has 1 aliphatic rings. The van der Waals surface area contributed by atoms with Crippen LogP contribution in [0.25, 0.3) is 0 Å². The van der Waals surface area contributed by atoms with Crippen LogP contribution in [-0.4, -0.2) is 34.8 Å². The summed E-state index contributed by atoms with van der Waals surface area (Å²) in [7, 11) is 0. The molecule has 0 amide bonds. The van der Waals surface area contributed by atoms with Gasteiger partial charge in [-0.05, 0) is 31.4 Å². The lowest BCUT2D eigenvalue weighted by Crippen LogP contribution is -2.38. The number of aromatic nitrogens is 1. The molecule has 8 heteroatoms. The Bertz CT molecular complexity index is 526. The molecule has 0 atom stereocenters. The zero-order valence-corrected chi connectivity index (χ0v) is 10.9. The van der Waals surface area contributed by atoms with Crippen LogP contribution in [0.1, 0.15) is 24.0 Å². The van der Waals surface area contributed by atoms with Crippen LogP contribution in [0.15, 0.2) is 17.4 Å². The van der Waals surface area contributed by atoms with E-state index in [2.05, 4.69) is 10.1 Å². The van der Waals surface area contributed by atoms with Crippen LogP contribution in [0.2, 0.25) is 0 Å². The van der Waals surface area contributed by atoms with Crippen molar-refractivity contribution in [1.82, 2.24) is 4.98 Å². The Balaban J connectivity index is 2.46. The summed E-state index contributed by atoms with van der Waals surface area (Å²) in [6, 6.07) is 1.41. The Kier molecular flexibility index (Phi) is 3.74. The predicted octanol–water partition coefficient (Wildman–Crippen LogP) is 2.02. The van der Waals surface area contributed by atoms with E-state index < -0.39 is 12.7 Å². The number of pyridine rings is 1. The first kappa shape index (κ1) is 14.4. The molecule has 0 radical (unpaired) electrons. The zero-order valence-electron chi connectivity index (χ0n) is 10.9. The molecule has 0 bridgehead atoms. The van der Waals surface area contributed by atoms with Gasteiger partial charge in [0, 0.05) is 12.2 Å². The summed E-state index contributed by atoms with van der Waals surface area (Å²) in [5.41, 5.74) is 6.42. The first-order valence-corrected chi connectivity index (χ1v) is 6.10. The summed E-state index contributed by atoms with van der Waals surface area (Å²) in [5, 5.41) is 11.7. The number of alkyl halides is 3. The fourth-order valence-electron chi connectivity index (χ4n) is 2.08. The smallest absolute Gasteiger partial charge is 0.405 e. The Morgan fingerprint density at radius 1 is 1.55 bits per heavy atom. The molecule has 20 heavy (non-hydrogen) atoms. The number of nitrogens with zero attached hydrogens (tertiary/aromatic N) is 3. The van der Waals surface area contributed by atoms with Crippen molar-refractivity contribution in [3.05, 3.63) is 23.4 Å². The third-order valence-corrected chi connectivity index (χ3v) is 3.11. The van der Waals surface area contributed by atoms with Crippen LogP contribution in [-0.2, 0) is 0 Å². The SMILES string of the molecule is Cc1ccnc(N(CC(F)(F)F)C2CC2)c1/C(N)=N/O. The van der Waals surface area contributed by atoms with Crippen molar-refractivity contribution < 1.29 is 18.4 Å². The van der Waals surface area contributed by atoms with Gasteiger partial charge in [-0.25, -0.2) is 4.98 Å². The molecule has 1 aromatic rings. The zero-order chi connectivity index (χ0) is 14.9. The maximum Gasteiger partial charge on any atom is 0.405 e. The van der Waals surface area contributed by atoms with Gasteiger partial charge in [-0.3, -0.25) is 0 Å². The Morgan fingerprint density at radius 3 is 2.70 bits per heavy atom. The number of anilines is 1. The second-order valence-corrected chi connectivity index (χ2v) is 4.79. The second-order valence-electron chi connectivity index (χ2n) is 4.79. The minimum atomic E-state index is -4.34. The topological polar surface area (TPSA) is 74.7 Å². The largest absolute Gasteiger partial charge is 0.409 e. The van der Waals surface area contributed by atoms with Gasteiger partial charge >= 0.3 is 6.18 Å². The van der Waals surface area contributed by atoms with Gasteiger partial charge < -0.3 is 15.8 Å². The van der Waals surface area contributed by atoms with E-state index in [1.807, 2.05) is 0 Å². The van der Waals surface area contributed by atoms with E-state index in [4.69, 9.17) is 10.9 Å². The molecule has 0 aliphatic heterocycles. The van der Waals surface area contributed by atoms with Gasteiger partial charge in [0.15, 0.2) is 5.84 Å². The van der Waals surface area contributed by atoms with Crippen LogP contribution in [0, 0.1) is 6.92 Å². The molecule has 1 aliphatic carbocycles. The maximum absolute atomic E-state index is 12.7. The summed E-state index contributed by atoms with van der Waals surface area (Å²) < 4.78 is 38.1. The van der Waals surface area contributed by atoms with Crippen molar-refractivity contribution in [3.63, 3.8) is 0 Å². The molecule has 110 valence electrons. The minimum absolute atomic E-state index is 0.111. The lowest BCUT2D eigenvalue weighted by molar-refractivity contribution is -0.120. The molecule has 0 saturated heterocycles. The summed E-state index contributed by atoms with van der Waals surface area (Å²) in [4.78, 5) is 5.19. The average Bonchev–Trinajstić information content (AvgIpc) is 3.18. The van der Waals surface area contributed by atoms with Crippen molar-refractivity contribution in [2.24, 2.45) is 10.9 Å². The summed E-state index contributed by atoms with van der Waals surface area (Å²) in [5.74, 6) is -0.126. The maximum atomic E-state index is 12.7. The van der Waals surface area contributed by atoms with E-state index in [1.165, 1.54) is 11.1 Å². The Morgan fingerprint density at radius 2 is 2.20 bits per heavy atom. The monoisotopic (exact) mass is 288 g/mol. The number of nitrogens with two attached hydrogens (primary N) is 1. The molecule has 2 rings (SSSR count). The highest BCUT2D eigenvalue weighted by atomic mass is 19.4. The molecule has 1 fully saturated rings. The number of hydrogen-bond donors (Lipinski definition) is 2. The van der Waals surface area contributed by atoms with Gasteiger partial charge in [-0.15, -0.1) is 0 Å². The molecule has 1 saturated carbocycles. The highest BCUT2D eigenvalue weighted by Crippen LogP contribution is 2.35. The van der Waals surface area contributed by atoms with Crippen molar-refractivity contribution in [2.75, 3.05) is 11.4 Å². The highest BCUT2D eigenvalue weighted by Gasteiger charge is 2.40.